The van der Waals surface area contributed by atoms with Gasteiger partial charge >= 0.3 is 6.09 Å². The molecule has 1 saturated carbocycles. The Labute approximate surface area is 172 Å². The topological polar surface area (TPSA) is 64.6 Å². The molecule has 28 heavy (non-hydrogen) atoms. The van der Waals surface area contributed by atoms with E-state index in [2.05, 4.69) is 11.6 Å². The van der Waals surface area contributed by atoms with Gasteiger partial charge in [0.25, 0.3) is 0 Å². The molecule has 1 spiro atoms. The molecule has 5 nitrogen and oxygen atoms in total. The summed E-state index contributed by atoms with van der Waals surface area (Å²) < 4.78 is 21.3. The van der Waals surface area contributed by atoms with Gasteiger partial charge in [-0.05, 0) is 63.4 Å². The standard InChI is InChI=1S/C22H34N2O3S/c1-17-14-19(23-28(26)21(2,3)4)22(15-17)10-12-24(13-11-22)20(25)27-16-18-8-6-5-7-9-18/h5-9,17,19,23H,10-16H2,1-4H3/t17-,19+,28?/m0/s1. The molecule has 1 amide bonds. The first-order chi connectivity index (χ1) is 13.2. The molecule has 0 radical (unpaired) electrons. The van der Waals surface area contributed by atoms with Crippen LogP contribution >= 0.6 is 0 Å². The molecular weight excluding hydrogens is 372 g/mol. The number of ether oxygens (including phenoxy) is 1. The van der Waals surface area contributed by atoms with E-state index >= 15 is 0 Å². The molecule has 0 bridgehead atoms. The number of hydrogen-bond donors (Lipinski definition) is 1. The van der Waals surface area contributed by atoms with Crippen LogP contribution in [0.2, 0.25) is 0 Å². The van der Waals surface area contributed by atoms with Crippen molar-refractivity contribution < 1.29 is 14.1 Å². The van der Waals surface area contributed by atoms with Crippen LogP contribution in [0.25, 0.3) is 0 Å². The number of benzene rings is 1. The maximum Gasteiger partial charge on any atom is 0.410 e. The summed E-state index contributed by atoms with van der Waals surface area (Å²) in [5.74, 6) is 0.617. The summed E-state index contributed by atoms with van der Waals surface area (Å²) in [6, 6.07) is 10.0. The summed E-state index contributed by atoms with van der Waals surface area (Å²) >= 11 is -1.07. The van der Waals surface area contributed by atoms with Gasteiger partial charge in [-0.15, -0.1) is 4.72 Å². The van der Waals surface area contributed by atoms with Crippen molar-refractivity contribution in [3.63, 3.8) is 0 Å². The third kappa shape index (κ3) is 5.02. The lowest BCUT2D eigenvalue weighted by Gasteiger charge is -2.43. The van der Waals surface area contributed by atoms with Gasteiger partial charge in [-0.25, -0.2) is 4.79 Å². The number of nitrogens with one attached hydrogen (secondary N) is 1. The van der Waals surface area contributed by atoms with Crippen molar-refractivity contribution in [2.24, 2.45) is 11.3 Å². The lowest BCUT2D eigenvalue weighted by Crippen LogP contribution is -2.53. The van der Waals surface area contributed by atoms with Gasteiger partial charge in [0.1, 0.15) is 11.4 Å². The average Bonchev–Trinajstić information content (AvgIpc) is 2.95. The molecule has 1 aliphatic carbocycles. The molecule has 1 saturated heterocycles. The highest BCUT2D eigenvalue weighted by Crippen LogP contribution is 2.49. The number of carbonyl (C=O) groups excluding carboxylic acids is 1. The molecule has 3 rings (SSSR count). The minimum atomic E-state index is -1.07. The van der Waals surface area contributed by atoms with E-state index in [4.69, 9.17) is 4.74 Å². The Morgan fingerprint density at radius 3 is 2.54 bits per heavy atom. The van der Waals surface area contributed by atoms with E-state index < -0.39 is 11.4 Å². The van der Waals surface area contributed by atoms with E-state index in [1.165, 1.54) is 0 Å². The van der Waals surface area contributed by atoms with Crippen LogP contribution in [-0.4, -0.2) is 39.4 Å². The van der Waals surface area contributed by atoms with Gasteiger partial charge < -0.3 is 14.2 Å². The molecule has 1 aliphatic heterocycles. The van der Waals surface area contributed by atoms with Crippen molar-refractivity contribution in [2.75, 3.05) is 13.1 Å². The lowest BCUT2D eigenvalue weighted by molar-refractivity contribution is 0.0551. The van der Waals surface area contributed by atoms with Gasteiger partial charge in [0, 0.05) is 24.5 Å². The summed E-state index contributed by atoms with van der Waals surface area (Å²) in [7, 11) is 0. The van der Waals surface area contributed by atoms with Crippen LogP contribution in [0, 0.1) is 11.3 Å². The minimum Gasteiger partial charge on any atom is -0.598 e. The van der Waals surface area contributed by atoms with Crippen molar-refractivity contribution in [2.45, 2.75) is 70.8 Å². The van der Waals surface area contributed by atoms with Crippen molar-refractivity contribution in [1.29, 1.82) is 0 Å². The lowest BCUT2D eigenvalue weighted by atomic mass is 9.74. The number of amides is 1. The maximum absolute atomic E-state index is 12.7. The molecule has 0 aromatic heterocycles. The highest BCUT2D eigenvalue weighted by molar-refractivity contribution is 7.90. The van der Waals surface area contributed by atoms with Gasteiger partial charge in [-0.2, -0.15) is 0 Å². The minimum absolute atomic E-state index is 0.135. The second kappa shape index (κ2) is 8.64. The van der Waals surface area contributed by atoms with Crippen LogP contribution in [0.1, 0.15) is 58.9 Å². The molecule has 2 fully saturated rings. The summed E-state index contributed by atoms with van der Waals surface area (Å²) in [5, 5.41) is 0. The first kappa shape index (κ1) is 21.5. The second-order valence-corrected chi connectivity index (χ2v) is 11.5. The zero-order chi connectivity index (χ0) is 20.4. The van der Waals surface area contributed by atoms with Gasteiger partial charge in [0.15, 0.2) is 0 Å². The Hall–Kier alpha value is -1.24. The molecule has 3 atom stereocenters. The summed E-state index contributed by atoms with van der Waals surface area (Å²) in [4.78, 5) is 14.3. The highest BCUT2D eigenvalue weighted by atomic mass is 32.2. The smallest absolute Gasteiger partial charge is 0.410 e. The number of nitrogens with zero attached hydrogens (tertiary/aromatic N) is 1. The molecule has 6 heteroatoms. The van der Waals surface area contributed by atoms with Crippen LogP contribution in [0.5, 0.6) is 0 Å². The van der Waals surface area contributed by atoms with E-state index in [0.717, 1.165) is 31.2 Å². The van der Waals surface area contributed by atoms with Gasteiger partial charge in [-0.1, -0.05) is 37.3 Å². The SMILES string of the molecule is C[C@H]1C[C@@H](N[S+]([O-])C(C)(C)C)C2(CCN(C(=O)OCc3ccccc3)CC2)C1. The second-order valence-electron chi connectivity index (χ2n) is 9.49. The number of piperidine rings is 1. The average molecular weight is 407 g/mol. The molecule has 1 heterocycles. The summed E-state index contributed by atoms with van der Waals surface area (Å²) in [6.07, 6.45) is 3.85. The fourth-order valence-corrected chi connectivity index (χ4v) is 5.51. The molecule has 156 valence electrons. The molecule has 2 aliphatic rings. The number of rotatable bonds is 4. The van der Waals surface area contributed by atoms with E-state index in [1.807, 2.05) is 56.0 Å². The zero-order valence-electron chi connectivity index (χ0n) is 17.6. The van der Waals surface area contributed by atoms with Crippen LogP contribution in [0.4, 0.5) is 4.79 Å². The van der Waals surface area contributed by atoms with Crippen molar-refractivity contribution >= 4 is 17.5 Å². The van der Waals surface area contributed by atoms with Crippen molar-refractivity contribution in [3.8, 4) is 0 Å². The van der Waals surface area contributed by atoms with Gasteiger partial charge in [-0.3, -0.25) is 0 Å². The van der Waals surface area contributed by atoms with E-state index in [-0.39, 0.29) is 22.3 Å². The number of hydrogen-bond acceptors (Lipinski definition) is 4. The molecule has 1 N–H and O–H groups in total. The molecule has 1 unspecified atom stereocenters. The molecule has 1 aromatic rings. The quantitative estimate of drug-likeness (QED) is 0.759. The Balaban J connectivity index is 1.55. The van der Waals surface area contributed by atoms with Gasteiger partial charge in [0.05, 0.1) is 6.04 Å². The van der Waals surface area contributed by atoms with E-state index in [9.17, 15) is 9.35 Å². The molecule has 1 aromatic carbocycles. The Morgan fingerprint density at radius 2 is 1.93 bits per heavy atom. The van der Waals surface area contributed by atoms with Crippen LogP contribution in [0.15, 0.2) is 30.3 Å². The fraction of sp³-hybridized carbons (Fsp3) is 0.682. The fourth-order valence-electron chi connectivity index (χ4n) is 4.55. The summed E-state index contributed by atoms with van der Waals surface area (Å²) in [6.45, 7) is 10.0. The Morgan fingerprint density at radius 1 is 1.29 bits per heavy atom. The highest BCUT2D eigenvalue weighted by Gasteiger charge is 2.50. The Bertz CT molecular complexity index is 653. The van der Waals surface area contributed by atoms with Crippen molar-refractivity contribution in [1.82, 2.24) is 9.62 Å². The third-order valence-electron chi connectivity index (χ3n) is 6.16. The van der Waals surface area contributed by atoms with Crippen LogP contribution in [-0.2, 0) is 22.7 Å². The predicted molar refractivity (Wildman–Crippen MR) is 113 cm³/mol. The summed E-state index contributed by atoms with van der Waals surface area (Å²) in [5.41, 5.74) is 1.14. The monoisotopic (exact) mass is 406 g/mol. The predicted octanol–water partition coefficient (Wildman–Crippen LogP) is 4.26. The number of carbonyl (C=O) groups is 1. The van der Waals surface area contributed by atoms with Gasteiger partial charge in [0.2, 0.25) is 0 Å². The van der Waals surface area contributed by atoms with Crippen molar-refractivity contribution in [3.05, 3.63) is 35.9 Å². The number of likely N-dealkylation sites (tertiary alicyclic amines) is 1. The first-order valence-electron chi connectivity index (χ1n) is 10.3. The van der Waals surface area contributed by atoms with Crippen LogP contribution < -0.4 is 4.72 Å². The van der Waals surface area contributed by atoms with E-state index in [1.54, 1.807) is 0 Å². The maximum atomic E-state index is 12.7. The Kier molecular flexibility index (Phi) is 6.62. The molecular formula is C22H34N2O3S. The largest absolute Gasteiger partial charge is 0.598 e. The zero-order valence-corrected chi connectivity index (χ0v) is 18.4. The van der Waals surface area contributed by atoms with E-state index in [0.29, 0.717) is 25.6 Å². The third-order valence-corrected chi connectivity index (χ3v) is 7.77. The first-order valence-corrected chi connectivity index (χ1v) is 11.5. The normalized spacial score (nSPS) is 25.7. The van der Waals surface area contributed by atoms with Crippen LogP contribution in [0.3, 0.4) is 0 Å².